The van der Waals surface area contributed by atoms with Gasteiger partial charge in [0, 0.05) is 11.5 Å². The first-order valence-corrected chi connectivity index (χ1v) is 6.25. The zero-order valence-corrected chi connectivity index (χ0v) is 12.3. The average Bonchev–Trinajstić information content (AvgIpc) is 1.93. The summed E-state index contributed by atoms with van der Waals surface area (Å²) in [4.78, 5) is 12.2. The standard InChI is InChI=1S/C14H29NO/c1-10(2)9-11(13(3,4)5)12(16)15-14(6,7)8/h10-11H,9H2,1-8H3,(H,15,16). The molecule has 1 amide bonds. The summed E-state index contributed by atoms with van der Waals surface area (Å²) >= 11 is 0. The predicted octanol–water partition coefficient (Wildman–Crippen LogP) is 3.61. The van der Waals surface area contributed by atoms with Crippen LogP contribution < -0.4 is 5.32 Å². The largest absolute Gasteiger partial charge is 0.351 e. The van der Waals surface area contributed by atoms with Crippen LogP contribution >= 0.6 is 0 Å². The van der Waals surface area contributed by atoms with Crippen LogP contribution in [0, 0.1) is 17.3 Å². The first-order chi connectivity index (χ1) is 6.93. The van der Waals surface area contributed by atoms with Crippen LogP contribution in [0.4, 0.5) is 0 Å². The van der Waals surface area contributed by atoms with Crippen molar-refractivity contribution in [1.82, 2.24) is 5.32 Å². The van der Waals surface area contributed by atoms with Gasteiger partial charge in [-0.3, -0.25) is 4.79 Å². The lowest BCUT2D eigenvalue weighted by Crippen LogP contribution is -2.47. The maximum Gasteiger partial charge on any atom is 0.224 e. The van der Waals surface area contributed by atoms with Gasteiger partial charge in [-0.25, -0.2) is 0 Å². The van der Waals surface area contributed by atoms with Gasteiger partial charge in [0.1, 0.15) is 0 Å². The number of carbonyl (C=O) groups is 1. The Hall–Kier alpha value is -0.530. The number of hydrogen-bond acceptors (Lipinski definition) is 1. The maximum atomic E-state index is 12.2. The lowest BCUT2D eigenvalue weighted by Gasteiger charge is -2.33. The molecule has 0 aliphatic carbocycles. The van der Waals surface area contributed by atoms with Crippen molar-refractivity contribution in [1.29, 1.82) is 0 Å². The third-order valence-corrected chi connectivity index (χ3v) is 2.57. The summed E-state index contributed by atoms with van der Waals surface area (Å²) in [5.41, 5.74) is -0.114. The SMILES string of the molecule is CC(C)CC(C(=O)NC(C)(C)C)C(C)(C)C. The average molecular weight is 227 g/mol. The zero-order valence-electron chi connectivity index (χ0n) is 12.3. The minimum Gasteiger partial charge on any atom is -0.351 e. The third-order valence-electron chi connectivity index (χ3n) is 2.57. The lowest BCUT2D eigenvalue weighted by molar-refractivity contribution is -0.130. The molecule has 16 heavy (non-hydrogen) atoms. The van der Waals surface area contributed by atoms with Crippen LogP contribution in [0.15, 0.2) is 0 Å². The second kappa shape index (κ2) is 5.20. The van der Waals surface area contributed by atoms with Crippen molar-refractivity contribution in [3.05, 3.63) is 0 Å². The fourth-order valence-electron chi connectivity index (χ4n) is 1.78. The van der Waals surface area contributed by atoms with Crippen LogP contribution in [-0.4, -0.2) is 11.4 Å². The Kier molecular flexibility index (Phi) is 5.03. The van der Waals surface area contributed by atoms with E-state index in [1.165, 1.54) is 0 Å². The van der Waals surface area contributed by atoms with Crippen molar-refractivity contribution in [2.75, 3.05) is 0 Å². The Balaban J connectivity index is 4.71. The van der Waals surface area contributed by atoms with Crippen LogP contribution in [-0.2, 0) is 4.79 Å². The van der Waals surface area contributed by atoms with Crippen molar-refractivity contribution in [2.45, 2.75) is 67.3 Å². The van der Waals surface area contributed by atoms with Gasteiger partial charge in [-0.2, -0.15) is 0 Å². The Morgan fingerprint density at radius 1 is 1.06 bits per heavy atom. The molecule has 0 aromatic carbocycles. The van der Waals surface area contributed by atoms with Crippen molar-refractivity contribution < 1.29 is 4.79 Å². The molecule has 0 heterocycles. The predicted molar refractivity (Wildman–Crippen MR) is 70.3 cm³/mol. The highest BCUT2D eigenvalue weighted by atomic mass is 16.2. The molecule has 0 aliphatic rings. The van der Waals surface area contributed by atoms with Crippen molar-refractivity contribution in [3.8, 4) is 0 Å². The molecule has 96 valence electrons. The molecule has 0 radical (unpaired) electrons. The highest BCUT2D eigenvalue weighted by Crippen LogP contribution is 2.31. The Morgan fingerprint density at radius 3 is 1.75 bits per heavy atom. The Labute approximate surface area is 101 Å². The summed E-state index contributed by atoms with van der Waals surface area (Å²) in [7, 11) is 0. The third kappa shape index (κ3) is 6.14. The Morgan fingerprint density at radius 2 is 1.50 bits per heavy atom. The van der Waals surface area contributed by atoms with E-state index in [0.29, 0.717) is 5.92 Å². The fourth-order valence-corrected chi connectivity index (χ4v) is 1.78. The Bertz CT molecular complexity index is 230. The van der Waals surface area contributed by atoms with Crippen LogP contribution in [0.5, 0.6) is 0 Å². The second-order valence-electron chi connectivity index (χ2n) is 7.29. The molecule has 0 rings (SSSR count). The first kappa shape index (κ1) is 15.5. The summed E-state index contributed by atoms with van der Waals surface area (Å²) in [6.45, 7) is 16.8. The van der Waals surface area contributed by atoms with Crippen molar-refractivity contribution in [3.63, 3.8) is 0 Å². The van der Waals surface area contributed by atoms with Gasteiger partial charge < -0.3 is 5.32 Å². The van der Waals surface area contributed by atoms with Gasteiger partial charge in [0.15, 0.2) is 0 Å². The molecule has 0 spiro atoms. The molecular weight excluding hydrogens is 198 g/mol. The molecule has 1 atom stereocenters. The molecule has 0 bridgehead atoms. The van der Waals surface area contributed by atoms with Gasteiger partial charge in [0.05, 0.1) is 0 Å². The minimum absolute atomic E-state index is 0.0274. The summed E-state index contributed by atoms with van der Waals surface area (Å²) in [6, 6.07) is 0. The lowest BCUT2D eigenvalue weighted by atomic mass is 9.75. The minimum atomic E-state index is -0.141. The van der Waals surface area contributed by atoms with Crippen LogP contribution in [0.1, 0.15) is 61.8 Å². The number of amides is 1. The molecule has 0 saturated carbocycles. The van der Waals surface area contributed by atoms with Crippen LogP contribution in [0.25, 0.3) is 0 Å². The van der Waals surface area contributed by atoms with E-state index < -0.39 is 0 Å². The molecule has 0 aromatic heterocycles. The second-order valence-corrected chi connectivity index (χ2v) is 7.29. The normalized spacial score (nSPS) is 15.1. The molecule has 2 nitrogen and oxygen atoms in total. The maximum absolute atomic E-state index is 12.2. The highest BCUT2D eigenvalue weighted by molar-refractivity contribution is 5.80. The van der Waals surface area contributed by atoms with E-state index in [0.717, 1.165) is 6.42 Å². The van der Waals surface area contributed by atoms with Crippen LogP contribution in [0.2, 0.25) is 0 Å². The van der Waals surface area contributed by atoms with Gasteiger partial charge in [0.2, 0.25) is 5.91 Å². The summed E-state index contributed by atoms with van der Waals surface area (Å²) < 4.78 is 0. The molecule has 1 unspecified atom stereocenters. The topological polar surface area (TPSA) is 29.1 Å². The van der Waals surface area contributed by atoms with E-state index in [2.05, 4.69) is 39.9 Å². The number of carbonyl (C=O) groups excluding carboxylic acids is 1. The molecular formula is C14H29NO. The summed E-state index contributed by atoms with van der Waals surface area (Å²) in [5.74, 6) is 0.829. The fraction of sp³-hybridized carbons (Fsp3) is 0.929. The van der Waals surface area contributed by atoms with E-state index in [1.54, 1.807) is 0 Å². The van der Waals surface area contributed by atoms with Gasteiger partial charge in [-0.1, -0.05) is 34.6 Å². The molecule has 0 aliphatic heterocycles. The van der Waals surface area contributed by atoms with Gasteiger partial charge in [-0.05, 0) is 38.5 Å². The van der Waals surface area contributed by atoms with Gasteiger partial charge in [0.25, 0.3) is 0 Å². The molecule has 0 saturated heterocycles. The smallest absolute Gasteiger partial charge is 0.224 e. The van der Waals surface area contributed by atoms with E-state index >= 15 is 0 Å². The molecule has 0 aromatic rings. The quantitative estimate of drug-likeness (QED) is 0.784. The van der Waals surface area contributed by atoms with E-state index in [1.807, 2.05) is 20.8 Å². The van der Waals surface area contributed by atoms with Crippen molar-refractivity contribution in [2.24, 2.45) is 17.3 Å². The molecule has 2 heteroatoms. The number of hydrogen-bond donors (Lipinski definition) is 1. The molecule has 0 fully saturated rings. The molecule has 1 N–H and O–H groups in total. The first-order valence-electron chi connectivity index (χ1n) is 6.25. The number of rotatable bonds is 3. The van der Waals surface area contributed by atoms with Crippen molar-refractivity contribution >= 4 is 5.91 Å². The van der Waals surface area contributed by atoms with E-state index in [9.17, 15) is 4.79 Å². The number of nitrogens with one attached hydrogen (secondary N) is 1. The monoisotopic (exact) mass is 227 g/mol. The van der Waals surface area contributed by atoms with E-state index in [4.69, 9.17) is 0 Å². The zero-order chi connectivity index (χ0) is 13.1. The van der Waals surface area contributed by atoms with Gasteiger partial charge >= 0.3 is 0 Å². The van der Waals surface area contributed by atoms with Crippen LogP contribution in [0.3, 0.4) is 0 Å². The van der Waals surface area contributed by atoms with Gasteiger partial charge in [-0.15, -0.1) is 0 Å². The van der Waals surface area contributed by atoms with E-state index in [-0.39, 0.29) is 22.8 Å². The summed E-state index contributed by atoms with van der Waals surface area (Å²) in [5, 5.41) is 3.09. The highest BCUT2D eigenvalue weighted by Gasteiger charge is 2.33. The summed E-state index contributed by atoms with van der Waals surface area (Å²) in [6.07, 6.45) is 0.950.